The second-order valence-corrected chi connectivity index (χ2v) is 4.36. The van der Waals surface area contributed by atoms with Gasteiger partial charge in [-0.3, -0.25) is 0 Å². The Labute approximate surface area is 78.0 Å². The smallest absolute Gasteiger partial charge is 0.337 e. The standard InChI is InChI=1S/C7H7NO2S2/c1-11-12-6-3-2-5(4-8-6)7(9)10/h2-4H,1H3,(H,9,10). The minimum atomic E-state index is -0.941. The fourth-order valence-electron chi connectivity index (χ4n) is 0.641. The van der Waals surface area contributed by atoms with Crippen LogP contribution in [0.2, 0.25) is 0 Å². The summed E-state index contributed by atoms with van der Waals surface area (Å²) in [5.74, 6) is -0.941. The SMILES string of the molecule is CSSc1ccc(C(=O)O)cn1. The van der Waals surface area contributed by atoms with Crippen molar-refractivity contribution < 1.29 is 9.90 Å². The molecule has 0 aliphatic heterocycles. The monoisotopic (exact) mass is 201 g/mol. The first kappa shape index (κ1) is 9.41. The van der Waals surface area contributed by atoms with Crippen LogP contribution in [-0.2, 0) is 0 Å². The summed E-state index contributed by atoms with van der Waals surface area (Å²) in [6.07, 6.45) is 3.30. The molecule has 0 fully saturated rings. The highest BCUT2D eigenvalue weighted by Crippen LogP contribution is 2.25. The lowest BCUT2D eigenvalue weighted by molar-refractivity contribution is 0.0696. The van der Waals surface area contributed by atoms with E-state index in [0.717, 1.165) is 5.03 Å². The maximum absolute atomic E-state index is 10.4. The van der Waals surface area contributed by atoms with Gasteiger partial charge in [0.05, 0.1) is 5.56 Å². The number of aromatic carboxylic acids is 1. The normalized spacial score (nSPS) is 9.75. The third-order valence-corrected chi connectivity index (χ3v) is 2.74. The van der Waals surface area contributed by atoms with Crippen molar-refractivity contribution in [3.05, 3.63) is 23.9 Å². The summed E-state index contributed by atoms with van der Waals surface area (Å²) in [5.41, 5.74) is 0.223. The molecule has 1 heterocycles. The molecule has 0 saturated heterocycles. The molecule has 1 aromatic rings. The van der Waals surface area contributed by atoms with Gasteiger partial charge in [-0.2, -0.15) is 0 Å². The van der Waals surface area contributed by atoms with Crippen LogP contribution in [0.1, 0.15) is 10.4 Å². The Morgan fingerprint density at radius 2 is 2.33 bits per heavy atom. The van der Waals surface area contributed by atoms with Crippen LogP contribution in [0.4, 0.5) is 0 Å². The molecule has 0 aromatic carbocycles. The van der Waals surface area contributed by atoms with Gasteiger partial charge < -0.3 is 5.11 Å². The second-order valence-electron chi connectivity index (χ2n) is 1.94. The number of rotatable bonds is 3. The van der Waals surface area contributed by atoms with E-state index in [2.05, 4.69) is 4.98 Å². The van der Waals surface area contributed by atoms with Crippen LogP contribution in [0, 0.1) is 0 Å². The highest BCUT2D eigenvalue weighted by molar-refractivity contribution is 8.76. The molecule has 0 amide bonds. The van der Waals surface area contributed by atoms with Gasteiger partial charge in [0.15, 0.2) is 0 Å². The predicted octanol–water partition coefficient (Wildman–Crippen LogP) is 2.15. The minimum absolute atomic E-state index is 0.223. The Morgan fingerprint density at radius 3 is 2.75 bits per heavy atom. The van der Waals surface area contributed by atoms with Crippen molar-refractivity contribution in [2.75, 3.05) is 6.26 Å². The molecule has 0 radical (unpaired) electrons. The van der Waals surface area contributed by atoms with Gasteiger partial charge >= 0.3 is 5.97 Å². The first-order chi connectivity index (χ1) is 5.74. The van der Waals surface area contributed by atoms with Crippen molar-refractivity contribution in [1.29, 1.82) is 0 Å². The number of pyridine rings is 1. The summed E-state index contributed by atoms with van der Waals surface area (Å²) >= 11 is 0. The maximum atomic E-state index is 10.4. The third-order valence-electron chi connectivity index (χ3n) is 1.15. The summed E-state index contributed by atoms with van der Waals surface area (Å²) in [7, 11) is 3.08. The van der Waals surface area contributed by atoms with Crippen molar-refractivity contribution in [1.82, 2.24) is 4.98 Å². The van der Waals surface area contributed by atoms with E-state index in [0.29, 0.717) is 0 Å². The zero-order valence-corrected chi connectivity index (χ0v) is 7.98. The summed E-state index contributed by atoms with van der Waals surface area (Å²) < 4.78 is 0. The van der Waals surface area contributed by atoms with E-state index in [4.69, 9.17) is 5.11 Å². The van der Waals surface area contributed by atoms with Gasteiger partial charge in [-0.05, 0) is 29.2 Å². The van der Waals surface area contributed by atoms with Gasteiger partial charge in [0.1, 0.15) is 5.03 Å². The topological polar surface area (TPSA) is 50.2 Å². The van der Waals surface area contributed by atoms with Crippen molar-refractivity contribution in [3.8, 4) is 0 Å². The van der Waals surface area contributed by atoms with Crippen molar-refractivity contribution in [2.24, 2.45) is 0 Å². The number of hydrogen-bond acceptors (Lipinski definition) is 4. The van der Waals surface area contributed by atoms with Gasteiger partial charge in [0.2, 0.25) is 0 Å². The Morgan fingerprint density at radius 1 is 1.58 bits per heavy atom. The lowest BCUT2D eigenvalue weighted by atomic mass is 10.3. The van der Waals surface area contributed by atoms with Crippen LogP contribution in [0.15, 0.2) is 23.4 Å². The van der Waals surface area contributed by atoms with Crippen LogP contribution in [0.3, 0.4) is 0 Å². The average Bonchev–Trinajstić information content (AvgIpc) is 2.06. The van der Waals surface area contributed by atoms with Crippen LogP contribution in [0.5, 0.6) is 0 Å². The largest absolute Gasteiger partial charge is 0.478 e. The molecule has 0 spiro atoms. The zero-order chi connectivity index (χ0) is 8.97. The summed E-state index contributed by atoms with van der Waals surface area (Å²) in [6, 6.07) is 3.25. The van der Waals surface area contributed by atoms with Gasteiger partial charge in [0, 0.05) is 6.20 Å². The van der Waals surface area contributed by atoms with Gasteiger partial charge in [-0.15, -0.1) is 0 Å². The zero-order valence-electron chi connectivity index (χ0n) is 6.35. The van der Waals surface area contributed by atoms with Crippen LogP contribution in [0.25, 0.3) is 0 Å². The fraction of sp³-hybridized carbons (Fsp3) is 0.143. The highest BCUT2D eigenvalue weighted by atomic mass is 33.1. The van der Waals surface area contributed by atoms with Crippen molar-refractivity contribution in [2.45, 2.75) is 5.03 Å². The molecular weight excluding hydrogens is 194 g/mol. The molecule has 0 unspecified atom stereocenters. The Bertz CT molecular complexity index is 273. The molecule has 1 N–H and O–H groups in total. The predicted molar refractivity (Wildman–Crippen MR) is 50.6 cm³/mol. The van der Waals surface area contributed by atoms with E-state index in [-0.39, 0.29) is 5.56 Å². The van der Waals surface area contributed by atoms with Crippen LogP contribution in [-0.4, -0.2) is 22.3 Å². The summed E-state index contributed by atoms with van der Waals surface area (Å²) in [6.45, 7) is 0. The number of carboxylic acid groups (broad SMARTS) is 1. The van der Waals surface area contributed by atoms with Crippen molar-refractivity contribution >= 4 is 27.6 Å². The molecule has 12 heavy (non-hydrogen) atoms. The van der Waals surface area contributed by atoms with Gasteiger partial charge in [-0.1, -0.05) is 10.8 Å². The van der Waals surface area contributed by atoms with E-state index in [9.17, 15) is 4.79 Å². The van der Waals surface area contributed by atoms with E-state index in [1.165, 1.54) is 17.0 Å². The molecule has 5 heteroatoms. The quantitative estimate of drug-likeness (QED) is 0.759. The summed E-state index contributed by atoms with van der Waals surface area (Å²) in [4.78, 5) is 14.4. The molecule has 1 aromatic heterocycles. The number of aromatic nitrogens is 1. The first-order valence-corrected chi connectivity index (χ1v) is 5.70. The second kappa shape index (κ2) is 4.37. The lowest BCUT2D eigenvalue weighted by Crippen LogP contribution is -1.96. The molecule has 0 atom stereocenters. The molecule has 0 aliphatic carbocycles. The number of nitrogens with zero attached hydrogens (tertiary/aromatic N) is 1. The molecule has 1 rings (SSSR count). The Balaban J connectivity index is 2.78. The first-order valence-electron chi connectivity index (χ1n) is 3.14. The molecule has 3 nitrogen and oxygen atoms in total. The van der Waals surface area contributed by atoms with Gasteiger partial charge in [-0.25, -0.2) is 9.78 Å². The fourth-order valence-corrected chi connectivity index (χ4v) is 1.84. The van der Waals surface area contributed by atoms with Crippen LogP contribution < -0.4 is 0 Å². The van der Waals surface area contributed by atoms with Gasteiger partial charge in [0.25, 0.3) is 0 Å². The van der Waals surface area contributed by atoms with Crippen LogP contribution >= 0.6 is 21.6 Å². The number of carbonyl (C=O) groups is 1. The van der Waals surface area contributed by atoms with E-state index < -0.39 is 5.97 Å². The van der Waals surface area contributed by atoms with E-state index >= 15 is 0 Å². The molecule has 64 valence electrons. The Hall–Kier alpha value is -0.680. The molecular formula is C7H7NO2S2. The maximum Gasteiger partial charge on any atom is 0.337 e. The molecule has 0 saturated carbocycles. The summed E-state index contributed by atoms with van der Waals surface area (Å²) in [5, 5.41) is 9.38. The molecule has 0 bridgehead atoms. The minimum Gasteiger partial charge on any atom is -0.478 e. The number of carboxylic acids is 1. The average molecular weight is 201 g/mol. The Kier molecular flexibility index (Phi) is 3.43. The highest BCUT2D eigenvalue weighted by Gasteiger charge is 2.02. The third kappa shape index (κ3) is 2.42. The number of hydrogen-bond donors (Lipinski definition) is 1. The van der Waals surface area contributed by atoms with E-state index in [1.54, 1.807) is 22.9 Å². The molecule has 0 aliphatic rings. The van der Waals surface area contributed by atoms with Crippen molar-refractivity contribution in [3.63, 3.8) is 0 Å². The lowest BCUT2D eigenvalue weighted by Gasteiger charge is -1.96. The van der Waals surface area contributed by atoms with E-state index in [1.807, 2.05) is 6.26 Å².